The molecule has 0 atom stereocenters. The van der Waals surface area contributed by atoms with Crippen LogP contribution in [0.3, 0.4) is 0 Å². The lowest BCUT2D eigenvalue weighted by Crippen LogP contribution is -2.03. The molecule has 0 aliphatic carbocycles. The predicted molar refractivity (Wildman–Crippen MR) is 55.8 cm³/mol. The second-order valence-corrected chi connectivity index (χ2v) is 2.87. The van der Waals surface area contributed by atoms with E-state index in [1.165, 1.54) is 5.56 Å². The van der Waals surface area contributed by atoms with Crippen LogP contribution in [-0.4, -0.2) is 0 Å². The first kappa shape index (κ1) is 7.87. The van der Waals surface area contributed by atoms with Crippen molar-refractivity contribution in [3.8, 4) is 0 Å². The first-order chi connectivity index (χ1) is 6.45. The van der Waals surface area contributed by atoms with Crippen molar-refractivity contribution < 1.29 is 0 Å². The molecular formula is C12H11N. The van der Waals surface area contributed by atoms with Crippen LogP contribution in [0.5, 0.6) is 0 Å². The Bertz CT molecular complexity index is 358. The summed E-state index contributed by atoms with van der Waals surface area (Å²) in [6, 6.07) is 10.3. The molecule has 1 nitrogen and oxygen atoms in total. The Morgan fingerprint density at radius 3 is 2.54 bits per heavy atom. The number of hydrogen-bond acceptors (Lipinski definition) is 1. The summed E-state index contributed by atoms with van der Waals surface area (Å²) in [6.45, 7) is 0. The second kappa shape index (κ2) is 3.76. The maximum absolute atomic E-state index is 3.16. The van der Waals surface area contributed by atoms with Gasteiger partial charge >= 0.3 is 0 Å². The molecular weight excluding hydrogens is 158 g/mol. The topological polar surface area (TPSA) is 12.0 Å². The minimum Gasteiger partial charge on any atom is -0.362 e. The van der Waals surface area contributed by atoms with E-state index in [0.29, 0.717) is 0 Å². The minimum atomic E-state index is 1.12. The highest BCUT2D eigenvalue weighted by Crippen LogP contribution is 2.07. The van der Waals surface area contributed by atoms with Gasteiger partial charge in [-0.3, -0.25) is 0 Å². The lowest BCUT2D eigenvalue weighted by molar-refractivity contribution is 1.11. The summed E-state index contributed by atoms with van der Waals surface area (Å²) < 4.78 is 0. The molecule has 1 aromatic rings. The average molecular weight is 169 g/mol. The molecule has 64 valence electrons. The maximum atomic E-state index is 3.16. The Labute approximate surface area is 78.1 Å². The van der Waals surface area contributed by atoms with E-state index in [-0.39, 0.29) is 0 Å². The van der Waals surface area contributed by atoms with Gasteiger partial charge in [0.2, 0.25) is 0 Å². The zero-order valence-corrected chi connectivity index (χ0v) is 7.27. The first-order valence-corrected chi connectivity index (χ1v) is 4.32. The number of benzene rings is 1. The molecule has 1 heteroatoms. The molecule has 0 unspecified atom stereocenters. The highest BCUT2D eigenvalue weighted by atomic mass is 14.8. The van der Waals surface area contributed by atoms with E-state index in [4.69, 9.17) is 0 Å². The van der Waals surface area contributed by atoms with Crippen LogP contribution in [0.25, 0.3) is 6.08 Å². The van der Waals surface area contributed by atoms with Crippen molar-refractivity contribution in [3.05, 3.63) is 66.0 Å². The lowest BCUT2D eigenvalue weighted by atomic mass is 10.2. The van der Waals surface area contributed by atoms with Gasteiger partial charge in [0.25, 0.3) is 0 Å². The smallest absolute Gasteiger partial charge is 0.0385 e. The van der Waals surface area contributed by atoms with Crippen LogP contribution in [0.2, 0.25) is 0 Å². The fourth-order valence-corrected chi connectivity index (χ4v) is 1.23. The Morgan fingerprint density at radius 2 is 1.85 bits per heavy atom. The van der Waals surface area contributed by atoms with Crippen LogP contribution in [0.4, 0.5) is 0 Å². The SMILES string of the molecule is C1=CNC(=Cc2ccccc2)C=C1. The molecule has 13 heavy (non-hydrogen) atoms. The van der Waals surface area contributed by atoms with E-state index in [1.54, 1.807) is 0 Å². The number of dihydropyridines is 1. The zero-order chi connectivity index (χ0) is 8.93. The molecule has 0 spiro atoms. The Kier molecular flexibility index (Phi) is 2.28. The van der Waals surface area contributed by atoms with Gasteiger partial charge < -0.3 is 5.32 Å². The molecule has 0 bridgehead atoms. The standard InChI is InChI=1S/C12H11N/c1-2-6-11(7-3-1)10-12-8-4-5-9-13-12/h1-10,13H. The summed E-state index contributed by atoms with van der Waals surface area (Å²) in [6.07, 6.45) is 10.1. The number of allylic oxidation sites excluding steroid dienone is 3. The van der Waals surface area contributed by atoms with Crippen LogP contribution in [0.1, 0.15) is 5.56 Å². The molecule has 0 amide bonds. The molecule has 0 saturated heterocycles. The Morgan fingerprint density at radius 1 is 1.00 bits per heavy atom. The van der Waals surface area contributed by atoms with Crippen molar-refractivity contribution in [2.75, 3.05) is 0 Å². The predicted octanol–water partition coefficient (Wildman–Crippen LogP) is 2.70. The van der Waals surface area contributed by atoms with Gasteiger partial charge in [0.15, 0.2) is 0 Å². The molecule has 1 aliphatic rings. The van der Waals surface area contributed by atoms with E-state index in [0.717, 1.165) is 5.70 Å². The van der Waals surface area contributed by atoms with Gasteiger partial charge in [-0.15, -0.1) is 0 Å². The summed E-state index contributed by atoms with van der Waals surface area (Å²) in [5.74, 6) is 0. The molecule has 1 heterocycles. The summed E-state index contributed by atoms with van der Waals surface area (Å²) in [4.78, 5) is 0. The third-order valence-corrected chi connectivity index (χ3v) is 1.85. The largest absolute Gasteiger partial charge is 0.362 e. The Hall–Kier alpha value is -1.76. The monoisotopic (exact) mass is 169 g/mol. The molecule has 0 fully saturated rings. The highest BCUT2D eigenvalue weighted by Gasteiger charge is 1.92. The highest BCUT2D eigenvalue weighted by molar-refractivity contribution is 5.56. The molecule has 1 aromatic carbocycles. The molecule has 2 rings (SSSR count). The molecule has 0 radical (unpaired) electrons. The third kappa shape index (κ3) is 2.09. The third-order valence-electron chi connectivity index (χ3n) is 1.85. The summed E-state index contributed by atoms with van der Waals surface area (Å²) >= 11 is 0. The lowest BCUT2D eigenvalue weighted by Gasteiger charge is -2.04. The number of nitrogens with one attached hydrogen (secondary N) is 1. The first-order valence-electron chi connectivity index (χ1n) is 4.32. The summed E-state index contributed by atoms with van der Waals surface area (Å²) in [7, 11) is 0. The van der Waals surface area contributed by atoms with E-state index in [9.17, 15) is 0 Å². The van der Waals surface area contributed by atoms with Crippen molar-refractivity contribution in [1.82, 2.24) is 5.32 Å². The van der Waals surface area contributed by atoms with Gasteiger partial charge in [-0.1, -0.05) is 36.4 Å². The summed E-state index contributed by atoms with van der Waals surface area (Å²) in [5.41, 5.74) is 2.33. The maximum Gasteiger partial charge on any atom is 0.0385 e. The average Bonchev–Trinajstić information content (AvgIpc) is 2.21. The van der Waals surface area contributed by atoms with E-state index >= 15 is 0 Å². The molecule has 1 N–H and O–H groups in total. The van der Waals surface area contributed by atoms with Crippen molar-refractivity contribution in [1.29, 1.82) is 0 Å². The molecule has 0 saturated carbocycles. The second-order valence-electron chi connectivity index (χ2n) is 2.87. The molecule has 1 aliphatic heterocycles. The summed E-state index contributed by atoms with van der Waals surface area (Å²) in [5, 5.41) is 3.16. The quantitative estimate of drug-likeness (QED) is 0.681. The van der Waals surface area contributed by atoms with E-state index in [1.807, 2.05) is 42.6 Å². The van der Waals surface area contributed by atoms with Crippen molar-refractivity contribution in [2.45, 2.75) is 0 Å². The van der Waals surface area contributed by atoms with Crippen LogP contribution in [0.15, 0.2) is 60.5 Å². The van der Waals surface area contributed by atoms with E-state index < -0.39 is 0 Å². The van der Waals surface area contributed by atoms with Gasteiger partial charge in [-0.05, 0) is 23.8 Å². The van der Waals surface area contributed by atoms with Crippen LogP contribution in [-0.2, 0) is 0 Å². The zero-order valence-electron chi connectivity index (χ0n) is 7.27. The Balaban J connectivity index is 2.21. The van der Waals surface area contributed by atoms with Crippen molar-refractivity contribution >= 4 is 6.08 Å². The van der Waals surface area contributed by atoms with Crippen molar-refractivity contribution in [3.63, 3.8) is 0 Å². The van der Waals surface area contributed by atoms with Gasteiger partial charge in [0.05, 0.1) is 0 Å². The van der Waals surface area contributed by atoms with E-state index in [2.05, 4.69) is 23.5 Å². The van der Waals surface area contributed by atoms with Gasteiger partial charge in [0, 0.05) is 11.9 Å². The number of rotatable bonds is 1. The van der Waals surface area contributed by atoms with Crippen LogP contribution in [0, 0.1) is 0 Å². The fraction of sp³-hybridized carbons (Fsp3) is 0. The molecule has 0 aromatic heterocycles. The van der Waals surface area contributed by atoms with Gasteiger partial charge in [-0.2, -0.15) is 0 Å². The van der Waals surface area contributed by atoms with Crippen LogP contribution < -0.4 is 5.32 Å². The van der Waals surface area contributed by atoms with Crippen LogP contribution >= 0.6 is 0 Å². The van der Waals surface area contributed by atoms with Gasteiger partial charge in [-0.25, -0.2) is 0 Å². The fourth-order valence-electron chi connectivity index (χ4n) is 1.23. The number of hydrogen-bond donors (Lipinski definition) is 1. The minimum absolute atomic E-state index is 1.12. The van der Waals surface area contributed by atoms with Crippen molar-refractivity contribution in [2.24, 2.45) is 0 Å². The van der Waals surface area contributed by atoms with Gasteiger partial charge in [0.1, 0.15) is 0 Å². The normalized spacial score (nSPS) is 17.4.